The van der Waals surface area contributed by atoms with Crippen molar-refractivity contribution in [3.05, 3.63) is 48.1 Å². The second-order valence-electron chi connectivity index (χ2n) is 6.88. The first-order valence-electron chi connectivity index (χ1n) is 9.65. The molecule has 0 spiro atoms. The van der Waals surface area contributed by atoms with Crippen LogP contribution in [0.2, 0.25) is 0 Å². The van der Waals surface area contributed by atoms with Crippen LogP contribution in [0.4, 0.5) is 17.3 Å². The molecule has 2 amide bonds. The molecular formula is C21H29N6O2. The summed E-state index contributed by atoms with van der Waals surface area (Å²) in [5.41, 5.74) is 8.16. The lowest BCUT2D eigenvalue weighted by Gasteiger charge is -2.21. The molecule has 0 bridgehead atoms. The minimum absolute atomic E-state index is 0.0911. The fraction of sp³-hybridized carbons (Fsp3) is 0.381. The standard InChI is InChI=1S/C21H29N6O2/c1-6-17-21(27(5)7-2)26-20(18(25-17)19(22)29)24-16-10-8-9-15(11-16)13(3)12-23-14(4)28/h8-11,13H,4,6-7,12H2,1-3,5H3,(H2,22,29)(H,23,28)(H,24,26)/t13-/m0/s1. The van der Waals surface area contributed by atoms with Crippen molar-refractivity contribution in [2.45, 2.75) is 33.1 Å². The molecule has 1 aromatic carbocycles. The van der Waals surface area contributed by atoms with E-state index in [2.05, 4.69) is 27.5 Å². The lowest BCUT2D eigenvalue weighted by Crippen LogP contribution is -2.25. The number of carbonyl (C=O) groups is 2. The van der Waals surface area contributed by atoms with Crippen molar-refractivity contribution in [3.8, 4) is 0 Å². The number of hydrogen-bond donors (Lipinski definition) is 3. The Morgan fingerprint density at radius 3 is 2.59 bits per heavy atom. The molecule has 4 N–H and O–H groups in total. The van der Waals surface area contributed by atoms with Gasteiger partial charge in [-0.3, -0.25) is 9.59 Å². The third-order valence-electron chi connectivity index (χ3n) is 4.67. The molecule has 0 saturated heterocycles. The Morgan fingerprint density at radius 1 is 1.28 bits per heavy atom. The zero-order valence-electron chi connectivity index (χ0n) is 17.5. The summed E-state index contributed by atoms with van der Waals surface area (Å²) in [5, 5.41) is 5.90. The van der Waals surface area contributed by atoms with E-state index in [9.17, 15) is 9.59 Å². The highest BCUT2D eigenvalue weighted by atomic mass is 16.1. The number of anilines is 3. The quantitative estimate of drug-likeness (QED) is 0.599. The first-order valence-corrected chi connectivity index (χ1v) is 9.65. The van der Waals surface area contributed by atoms with Crippen LogP contribution in [-0.4, -0.2) is 41.9 Å². The number of amides is 2. The van der Waals surface area contributed by atoms with Gasteiger partial charge in [0.2, 0.25) is 5.91 Å². The summed E-state index contributed by atoms with van der Waals surface area (Å²) in [7, 11) is 1.93. The molecule has 155 valence electrons. The Morgan fingerprint density at radius 2 is 2.00 bits per heavy atom. The van der Waals surface area contributed by atoms with Crippen LogP contribution in [0.25, 0.3) is 0 Å². The van der Waals surface area contributed by atoms with Gasteiger partial charge < -0.3 is 21.3 Å². The second-order valence-corrected chi connectivity index (χ2v) is 6.88. The SMILES string of the molecule is [CH2]C(=O)NC[C@H](C)c1cccc(Nc2nc(N(C)CC)c(CC)nc2C(N)=O)c1. The number of rotatable bonds is 9. The van der Waals surface area contributed by atoms with Gasteiger partial charge in [-0.25, -0.2) is 9.97 Å². The molecule has 8 nitrogen and oxygen atoms in total. The van der Waals surface area contributed by atoms with Crippen LogP contribution in [0.1, 0.15) is 48.4 Å². The van der Waals surface area contributed by atoms with Crippen molar-refractivity contribution in [2.75, 3.05) is 30.4 Å². The largest absolute Gasteiger partial charge is 0.364 e. The van der Waals surface area contributed by atoms with Gasteiger partial charge in [-0.1, -0.05) is 26.0 Å². The summed E-state index contributed by atoms with van der Waals surface area (Å²) in [5.74, 6) is 0.179. The number of hydrogen-bond acceptors (Lipinski definition) is 6. The number of nitrogens with one attached hydrogen (secondary N) is 2. The minimum Gasteiger partial charge on any atom is -0.364 e. The van der Waals surface area contributed by atoms with Crippen LogP contribution in [0.15, 0.2) is 24.3 Å². The summed E-state index contributed by atoms with van der Waals surface area (Å²) in [6.07, 6.45) is 0.637. The average Bonchev–Trinajstić information content (AvgIpc) is 2.71. The van der Waals surface area contributed by atoms with Crippen molar-refractivity contribution in [1.29, 1.82) is 0 Å². The molecular weight excluding hydrogens is 368 g/mol. The maximum atomic E-state index is 12.0. The van der Waals surface area contributed by atoms with Crippen molar-refractivity contribution in [1.82, 2.24) is 15.3 Å². The highest BCUT2D eigenvalue weighted by Crippen LogP contribution is 2.26. The number of aryl methyl sites for hydroxylation is 1. The molecule has 1 heterocycles. The number of carbonyl (C=O) groups excluding carboxylic acids is 2. The van der Waals surface area contributed by atoms with Gasteiger partial charge >= 0.3 is 0 Å². The van der Waals surface area contributed by atoms with Crippen molar-refractivity contribution in [2.24, 2.45) is 5.73 Å². The lowest BCUT2D eigenvalue weighted by atomic mass is 10.0. The fourth-order valence-corrected chi connectivity index (χ4v) is 2.86. The molecule has 8 heteroatoms. The molecule has 0 aliphatic carbocycles. The third-order valence-corrected chi connectivity index (χ3v) is 4.67. The highest BCUT2D eigenvalue weighted by Gasteiger charge is 2.19. The predicted octanol–water partition coefficient (Wildman–Crippen LogP) is 2.39. The van der Waals surface area contributed by atoms with Crippen molar-refractivity contribution >= 4 is 29.1 Å². The van der Waals surface area contributed by atoms with Crippen LogP contribution in [-0.2, 0) is 11.2 Å². The van der Waals surface area contributed by atoms with Crippen molar-refractivity contribution in [3.63, 3.8) is 0 Å². The molecule has 1 atom stereocenters. The smallest absolute Gasteiger partial charge is 0.271 e. The Bertz CT molecular complexity index is 883. The summed E-state index contributed by atoms with van der Waals surface area (Å²) in [6, 6.07) is 7.70. The lowest BCUT2D eigenvalue weighted by molar-refractivity contribution is -0.116. The molecule has 0 aliphatic heterocycles. The molecule has 0 unspecified atom stereocenters. The van der Waals surface area contributed by atoms with Gasteiger partial charge in [0.15, 0.2) is 17.3 Å². The average molecular weight is 398 g/mol. The van der Waals surface area contributed by atoms with Crippen molar-refractivity contribution < 1.29 is 9.59 Å². The Labute approximate surface area is 171 Å². The van der Waals surface area contributed by atoms with Crippen LogP contribution in [0, 0.1) is 6.92 Å². The van der Waals surface area contributed by atoms with Crippen LogP contribution >= 0.6 is 0 Å². The number of nitrogens with zero attached hydrogens (tertiary/aromatic N) is 3. The normalized spacial score (nSPS) is 11.6. The molecule has 2 aromatic rings. The Balaban J connectivity index is 2.38. The van der Waals surface area contributed by atoms with Crippen LogP contribution in [0.5, 0.6) is 0 Å². The monoisotopic (exact) mass is 397 g/mol. The van der Waals surface area contributed by atoms with Crippen LogP contribution in [0.3, 0.4) is 0 Å². The van der Waals surface area contributed by atoms with Gasteiger partial charge in [-0.15, -0.1) is 0 Å². The van der Waals surface area contributed by atoms with E-state index in [1.807, 2.05) is 57.0 Å². The maximum Gasteiger partial charge on any atom is 0.271 e. The number of nitrogens with two attached hydrogens (primary N) is 1. The molecule has 0 saturated carbocycles. The van der Waals surface area contributed by atoms with Gasteiger partial charge in [-0.05, 0) is 37.0 Å². The number of primary amides is 1. The second kappa shape index (κ2) is 9.86. The summed E-state index contributed by atoms with van der Waals surface area (Å²) in [4.78, 5) is 34.1. The topological polar surface area (TPSA) is 113 Å². The summed E-state index contributed by atoms with van der Waals surface area (Å²) >= 11 is 0. The first kappa shape index (κ1) is 22.1. The molecule has 2 rings (SSSR count). The van der Waals surface area contributed by atoms with Gasteiger partial charge in [0.05, 0.1) is 5.69 Å². The maximum absolute atomic E-state index is 12.0. The molecule has 0 aliphatic rings. The summed E-state index contributed by atoms with van der Waals surface area (Å²) < 4.78 is 0. The number of aromatic nitrogens is 2. The van der Waals surface area contributed by atoms with E-state index in [-0.39, 0.29) is 17.5 Å². The Hall–Kier alpha value is -3.16. The molecule has 1 aromatic heterocycles. The highest BCUT2D eigenvalue weighted by molar-refractivity contribution is 5.96. The molecule has 0 fully saturated rings. The van der Waals surface area contributed by atoms with Crippen LogP contribution < -0.4 is 21.3 Å². The van der Waals surface area contributed by atoms with Gasteiger partial charge in [0, 0.05) is 32.7 Å². The minimum atomic E-state index is -0.636. The molecule has 29 heavy (non-hydrogen) atoms. The van der Waals surface area contributed by atoms with E-state index >= 15 is 0 Å². The van der Waals surface area contributed by atoms with E-state index in [0.29, 0.717) is 24.6 Å². The predicted molar refractivity (Wildman–Crippen MR) is 115 cm³/mol. The van der Waals surface area contributed by atoms with Gasteiger partial charge in [-0.2, -0.15) is 0 Å². The summed E-state index contributed by atoms with van der Waals surface area (Å²) in [6.45, 7) is 10.5. The third kappa shape index (κ3) is 5.66. The number of benzene rings is 1. The molecule has 1 radical (unpaired) electrons. The van der Waals surface area contributed by atoms with E-state index < -0.39 is 5.91 Å². The zero-order chi connectivity index (χ0) is 21.6. The van der Waals surface area contributed by atoms with E-state index in [1.165, 1.54) is 0 Å². The van der Waals surface area contributed by atoms with E-state index in [1.54, 1.807) is 0 Å². The van der Waals surface area contributed by atoms with E-state index in [0.717, 1.165) is 23.5 Å². The zero-order valence-corrected chi connectivity index (χ0v) is 17.5. The van der Waals surface area contributed by atoms with Gasteiger partial charge in [0.1, 0.15) is 0 Å². The van der Waals surface area contributed by atoms with E-state index in [4.69, 9.17) is 5.73 Å². The first-order chi connectivity index (χ1) is 13.8. The van der Waals surface area contributed by atoms with Gasteiger partial charge in [0.25, 0.3) is 5.91 Å². The fourth-order valence-electron chi connectivity index (χ4n) is 2.86. The Kier molecular flexibility index (Phi) is 7.52.